The van der Waals surface area contributed by atoms with Gasteiger partial charge >= 0.3 is 0 Å². The first kappa shape index (κ1) is 9.06. The van der Waals surface area contributed by atoms with Gasteiger partial charge < -0.3 is 10.8 Å². The van der Waals surface area contributed by atoms with Crippen molar-refractivity contribution in [3.05, 3.63) is 0 Å². The molecule has 3 N–H and O–H groups in total. The third-order valence-electron chi connectivity index (χ3n) is 0. The maximum Gasteiger partial charge on any atom is 0.251 e. The van der Waals surface area contributed by atoms with Gasteiger partial charge in [0.2, 0.25) is 0 Å². The van der Waals surface area contributed by atoms with Crippen molar-refractivity contribution in [3.63, 3.8) is 0 Å². The van der Waals surface area contributed by atoms with E-state index in [1.54, 1.807) is 0 Å². The van der Waals surface area contributed by atoms with E-state index in [4.69, 9.17) is 5.11 Å². The summed E-state index contributed by atoms with van der Waals surface area (Å²) >= 11 is 3.87. The van der Waals surface area contributed by atoms with Gasteiger partial charge in [-0.3, -0.25) is 0 Å². The molecule has 0 unspecified atom stereocenters. The summed E-state index contributed by atoms with van der Waals surface area (Å²) < 4.78 is 0. The molecule has 0 aromatic carbocycles. The zero-order valence-corrected chi connectivity index (χ0v) is 4.53. The Hall–Kier alpha value is 0.430. The summed E-state index contributed by atoms with van der Waals surface area (Å²) in [6.07, 6.45) is 0. The van der Waals surface area contributed by atoms with Crippen molar-refractivity contribution in [2.24, 2.45) is 5.73 Å². The van der Waals surface area contributed by atoms with Gasteiger partial charge in [-0.1, -0.05) is 0 Å². The molecule has 35 valence electrons. The Balaban J connectivity index is 0. The molecule has 0 atom stereocenters. The molecule has 0 aromatic heterocycles. The van der Waals surface area contributed by atoms with E-state index < -0.39 is 5.17 Å². The number of nitrogens with two attached hydrogens (primary N) is 1. The largest absolute Gasteiger partial charge is 0.487 e. The van der Waals surface area contributed by atoms with Crippen LogP contribution in [0.4, 0.5) is 0 Å². The maximum absolute atomic E-state index is 7.56. The number of thiocarbonyl (C=S) groups is 1. The first-order chi connectivity index (χ1) is 1.73. The molecule has 0 rings (SSSR count). The van der Waals surface area contributed by atoms with E-state index in [9.17, 15) is 0 Å². The topological polar surface area (TPSA) is 46.2 Å². The maximum atomic E-state index is 7.56. The van der Waals surface area contributed by atoms with Gasteiger partial charge in [0, 0.05) is 22.4 Å². The second-order valence-corrected chi connectivity index (χ2v) is 0.757. The van der Waals surface area contributed by atoms with Crippen LogP contribution in [0.3, 0.4) is 0 Å². The van der Waals surface area contributed by atoms with Gasteiger partial charge in [-0.25, -0.2) is 0 Å². The molecule has 0 heterocycles. The molecule has 4 heteroatoms. The molecule has 0 saturated carbocycles. The van der Waals surface area contributed by atoms with Gasteiger partial charge in [0.1, 0.15) is 0 Å². The summed E-state index contributed by atoms with van der Waals surface area (Å²) in [5.74, 6) is 0. The molecule has 0 aliphatic carbocycles. The van der Waals surface area contributed by atoms with E-state index in [0.717, 1.165) is 0 Å². The molecule has 0 fully saturated rings. The summed E-state index contributed by atoms with van der Waals surface area (Å²) in [4.78, 5) is 0. The minimum absolute atomic E-state index is 0. The molecule has 0 bridgehead atoms. The Morgan fingerprint density at radius 1 is 1.80 bits per heavy atom. The fourth-order valence-electron chi connectivity index (χ4n) is 0. The van der Waals surface area contributed by atoms with Crippen molar-refractivity contribution in [2.75, 3.05) is 0 Å². The molecule has 0 saturated heterocycles. The van der Waals surface area contributed by atoms with Crippen LogP contribution in [0, 0.1) is 0 Å². The van der Waals surface area contributed by atoms with Gasteiger partial charge in [0.05, 0.1) is 0 Å². The number of aliphatic hydroxyl groups excluding tert-OH is 1. The van der Waals surface area contributed by atoms with Crippen LogP contribution in [0.2, 0.25) is 0 Å². The smallest absolute Gasteiger partial charge is 0.251 e. The number of hydrogen-bond acceptors (Lipinski definition) is 1. The van der Waals surface area contributed by atoms with E-state index in [-0.39, 0.29) is 22.4 Å². The number of hydrogen-bond donors (Lipinski definition) is 2. The van der Waals surface area contributed by atoms with E-state index in [0.29, 0.717) is 0 Å². The minimum atomic E-state index is -0.500. The standard InChI is InChI=1S/CH3NOS.Ag/c2-1(3)4;/h(H3,2,3,4);. The van der Waals surface area contributed by atoms with Crippen LogP contribution in [0.15, 0.2) is 0 Å². The monoisotopic (exact) mass is 184 g/mol. The average Bonchev–Trinajstić information content (AvgIpc) is 0.811. The fraction of sp³-hybridized carbons (Fsp3) is 0. The second-order valence-electron chi connectivity index (χ2n) is 0.338. The summed E-state index contributed by atoms with van der Waals surface area (Å²) in [7, 11) is 0. The molecule has 2 nitrogen and oxygen atoms in total. The molecule has 0 amide bonds. The second kappa shape index (κ2) is 4.43. The van der Waals surface area contributed by atoms with E-state index in [1.165, 1.54) is 0 Å². The van der Waals surface area contributed by atoms with Gasteiger partial charge in [-0.2, -0.15) is 0 Å². The molecule has 1 radical (unpaired) electrons. The SMILES string of the molecule is NC(O)=S.[Ag]. The predicted octanol–water partition coefficient (Wildman–Crippen LogP) is -0.214. The first-order valence-electron chi connectivity index (χ1n) is 0.716. The van der Waals surface area contributed by atoms with Gasteiger partial charge in [0.15, 0.2) is 0 Å². The van der Waals surface area contributed by atoms with Crippen molar-refractivity contribution >= 4 is 17.4 Å². The van der Waals surface area contributed by atoms with Crippen LogP contribution >= 0.6 is 12.2 Å². The summed E-state index contributed by atoms with van der Waals surface area (Å²) in [5, 5.41) is 7.06. The molecule has 0 aliphatic rings. The van der Waals surface area contributed by atoms with Crippen LogP contribution in [0.1, 0.15) is 0 Å². The first-order valence-corrected chi connectivity index (χ1v) is 1.12. The quantitative estimate of drug-likeness (QED) is 0.405. The molecule has 0 aliphatic heterocycles. The molecular formula is CH3AgNOS. The van der Waals surface area contributed by atoms with Crippen LogP contribution in [0.25, 0.3) is 0 Å². The van der Waals surface area contributed by atoms with Crippen molar-refractivity contribution < 1.29 is 27.5 Å². The van der Waals surface area contributed by atoms with Gasteiger partial charge in [-0.05, 0) is 12.2 Å². The third kappa shape index (κ3) is 141. The molecule has 0 spiro atoms. The summed E-state index contributed by atoms with van der Waals surface area (Å²) in [6, 6.07) is 0. The Bertz CT molecular complexity index is 34.6. The zero-order valence-electron chi connectivity index (χ0n) is 2.23. The predicted molar refractivity (Wildman–Crippen MR) is 19.4 cm³/mol. The number of rotatable bonds is 0. The fourth-order valence-corrected chi connectivity index (χ4v) is 0. The Morgan fingerprint density at radius 3 is 1.80 bits per heavy atom. The normalized spacial score (nSPS) is 4.80. The van der Waals surface area contributed by atoms with Gasteiger partial charge in [0.25, 0.3) is 5.17 Å². The zero-order chi connectivity index (χ0) is 3.58. The Morgan fingerprint density at radius 2 is 1.80 bits per heavy atom. The average molecular weight is 185 g/mol. The van der Waals surface area contributed by atoms with E-state index >= 15 is 0 Å². The Labute approximate surface area is 50.9 Å². The summed E-state index contributed by atoms with van der Waals surface area (Å²) in [6.45, 7) is 0. The molecule has 5 heavy (non-hydrogen) atoms. The van der Waals surface area contributed by atoms with Crippen molar-refractivity contribution in [1.29, 1.82) is 0 Å². The number of aliphatic hydroxyl groups is 1. The van der Waals surface area contributed by atoms with Crippen LogP contribution in [-0.4, -0.2) is 10.3 Å². The van der Waals surface area contributed by atoms with Crippen molar-refractivity contribution in [1.82, 2.24) is 0 Å². The van der Waals surface area contributed by atoms with Crippen LogP contribution in [0.5, 0.6) is 0 Å². The Kier molecular flexibility index (Phi) is 8.03. The van der Waals surface area contributed by atoms with Gasteiger partial charge in [-0.15, -0.1) is 0 Å². The van der Waals surface area contributed by atoms with Crippen LogP contribution < -0.4 is 5.73 Å². The van der Waals surface area contributed by atoms with Crippen LogP contribution in [-0.2, 0) is 22.4 Å². The third-order valence-corrected chi connectivity index (χ3v) is 0. The minimum Gasteiger partial charge on any atom is -0.487 e. The van der Waals surface area contributed by atoms with E-state index in [2.05, 4.69) is 18.0 Å². The summed E-state index contributed by atoms with van der Waals surface area (Å²) in [5.41, 5.74) is 4.40. The van der Waals surface area contributed by atoms with E-state index in [1.807, 2.05) is 0 Å². The molecular weight excluding hydrogens is 182 g/mol. The van der Waals surface area contributed by atoms with Crippen molar-refractivity contribution in [2.45, 2.75) is 0 Å². The molecule has 0 aromatic rings. The van der Waals surface area contributed by atoms with Crippen molar-refractivity contribution in [3.8, 4) is 0 Å².